The number of rotatable bonds is 2. The zero-order chi connectivity index (χ0) is 10.9. The molecule has 0 fully saturated rings. The van der Waals surface area contributed by atoms with Crippen LogP contribution < -0.4 is 0 Å². The number of carbonyl (C=O) groups is 2. The van der Waals surface area contributed by atoms with Gasteiger partial charge in [0, 0.05) is 0 Å². The lowest BCUT2D eigenvalue weighted by Crippen LogP contribution is -2.39. The molecule has 1 aliphatic carbocycles. The molecule has 0 aromatic heterocycles. The molecule has 0 aromatic rings. The molecular weight excluding hydrogens is 184 g/mol. The Labute approximate surface area is 81.6 Å². The van der Waals surface area contributed by atoms with Gasteiger partial charge in [-0.1, -0.05) is 23.8 Å². The maximum atomic E-state index is 11.0. The van der Waals surface area contributed by atoms with Crippen LogP contribution in [0, 0.1) is 11.3 Å². The van der Waals surface area contributed by atoms with E-state index < -0.39 is 23.3 Å². The molecule has 0 aliphatic heterocycles. The largest absolute Gasteiger partial charge is 0.481 e. The quantitative estimate of drug-likeness (QED) is 0.697. The molecule has 0 saturated heterocycles. The number of carboxylic acids is 2. The average Bonchev–Trinajstić information content (AvgIpc) is 2.02. The summed E-state index contributed by atoms with van der Waals surface area (Å²) < 4.78 is 0. The predicted molar refractivity (Wildman–Crippen MR) is 49.8 cm³/mol. The first-order valence-corrected chi connectivity index (χ1v) is 4.22. The minimum absolute atomic E-state index is 0.771. The summed E-state index contributed by atoms with van der Waals surface area (Å²) in [6.45, 7) is 3.16. The van der Waals surface area contributed by atoms with Crippen LogP contribution in [0.1, 0.15) is 13.8 Å². The standard InChI is InChI=1S/C10H12O4/c1-6-3-4-7(8(11)12)10(2,5-6)9(13)14/h3-5,7H,1-2H3,(H,11,12)(H,13,14). The lowest BCUT2D eigenvalue weighted by molar-refractivity contribution is -0.155. The van der Waals surface area contributed by atoms with E-state index in [4.69, 9.17) is 10.2 Å². The highest BCUT2D eigenvalue weighted by Crippen LogP contribution is 2.35. The molecule has 0 bridgehead atoms. The van der Waals surface area contributed by atoms with E-state index >= 15 is 0 Å². The maximum absolute atomic E-state index is 11.0. The Balaban J connectivity index is 3.17. The van der Waals surface area contributed by atoms with Crippen molar-refractivity contribution in [2.45, 2.75) is 13.8 Å². The van der Waals surface area contributed by atoms with Crippen molar-refractivity contribution < 1.29 is 19.8 Å². The van der Waals surface area contributed by atoms with E-state index in [9.17, 15) is 9.59 Å². The molecule has 1 aliphatic rings. The Hall–Kier alpha value is -1.58. The van der Waals surface area contributed by atoms with Crippen LogP contribution in [0.3, 0.4) is 0 Å². The number of allylic oxidation sites excluding steroid dienone is 2. The van der Waals surface area contributed by atoms with Crippen molar-refractivity contribution in [2.75, 3.05) is 0 Å². The second-order valence-electron chi connectivity index (χ2n) is 3.65. The lowest BCUT2D eigenvalue weighted by Gasteiger charge is -2.29. The highest BCUT2D eigenvalue weighted by atomic mass is 16.4. The average molecular weight is 196 g/mol. The van der Waals surface area contributed by atoms with Crippen molar-refractivity contribution >= 4 is 11.9 Å². The second-order valence-corrected chi connectivity index (χ2v) is 3.65. The molecule has 2 atom stereocenters. The lowest BCUT2D eigenvalue weighted by atomic mass is 9.73. The summed E-state index contributed by atoms with van der Waals surface area (Å²) in [5, 5.41) is 17.9. The van der Waals surface area contributed by atoms with Crippen molar-refractivity contribution in [1.82, 2.24) is 0 Å². The molecule has 2 N–H and O–H groups in total. The van der Waals surface area contributed by atoms with Crippen molar-refractivity contribution in [1.29, 1.82) is 0 Å². The molecule has 0 amide bonds. The van der Waals surface area contributed by atoms with Crippen LogP contribution in [-0.4, -0.2) is 22.2 Å². The van der Waals surface area contributed by atoms with Crippen LogP contribution in [0.5, 0.6) is 0 Å². The van der Waals surface area contributed by atoms with E-state index in [0.717, 1.165) is 5.57 Å². The third kappa shape index (κ3) is 1.55. The van der Waals surface area contributed by atoms with E-state index in [1.165, 1.54) is 19.1 Å². The highest BCUT2D eigenvalue weighted by Gasteiger charge is 2.43. The Morgan fingerprint density at radius 3 is 2.43 bits per heavy atom. The highest BCUT2D eigenvalue weighted by molar-refractivity contribution is 5.87. The molecule has 4 nitrogen and oxygen atoms in total. The van der Waals surface area contributed by atoms with Crippen molar-refractivity contribution in [3.8, 4) is 0 Å². The smallest absolute Gasteiger partial charge is 0.314 e. The topological polar surface area (TPSA) is 74.6 Å². The van der Waals surface area contributed by atoms with Gasteiger partial charge in [-0.05, 0) is 13.8 Å². The first kappa shape index (κ1) is 10.5. The van der Waals surface area contributed by atoms with Crippen molar-refractivity contribution in [2.24, 2.45) is 11.3 Å². The van der Waals surface area contributed by atoms with Gasteiger partial charge in [0.1, 0.15) is 5.41 Å². The van der Waals surface area contributed by atoms with Gasteiger partial charge < -0.3 is 10.2 Å². The van der Waals surface area contributed by atoms with Gasteiger partial charge in [-0.15, -0.1) is 0 Å². The first-order valence-electron chi connectivity index (χ1n) is 4.22. The van der Waals surface area contributed by atoms with Crippen LogP contribution in [0.4, 0.5) is 0 Å². The zero-order valence-corrected chi connectivity index (χ0v) is 8.02. The third-order valence-electron chi connectivity index (χ3n) is 2.45. The van der Waals surface area contributed by atoms with E-state index in [0.29, 0.717) is 0 Å². The third-order valence-corrected chi connectivity index (χ3v) is 2.45. The van der Waals surface area contributed by atoms with Gasteiger partial charge in [-0.25, -0.2) is 0 Å². The fraction of sp³-hybridized carbons (Fsp3) is 0.400. The van der Waals surface area contributed by atoms with Gasteiger partial charge in [0.05, 0.1) is 5.92 Å². The number of aliphatic carboxylic acids is 2. The van der Waals surface area contributed by atoms with Crippen LogP contribution in [0.2, 0.25) is 0 Å². The van der Waals surface area contributed by atoms with Gasteiger partial charge in [0.2, 0.25) is 0 Å². The van der Waals surface area contributed by atoms with E-state index in [1.54, 1.807) is 13.0 Å². The molecule has 0 aromatic carbocycles. The SMILES string of the molecule is CC1=CC(C)(C(=O)O)C(C(=O)O)C=C1. The Morgan fingerprint density at radius 2 is 2.00 bits per heavy atom. The van der Waals surface area contributed by atoms with Crippen LogP contribution in [-0.2, 0) is 9.59 Å². The van der Waals surface area contributed by atoms with Gasteiger partial charge in [-0.2, -0.15) is 0 Å². The molecule has 76 valence electrons. The summed E-state index contributed by atoms with van der Waals surface area (Å²) in [6, 6.07) is 0. The normalized spacial score (nSPS) is 31.0. The van der Waals surface area contributed by atoms with E-state index in [2.05, 4.69) is 0 Å². The summed E-state index contributed by atoms with van der Waals surface area (Å²) in [6.07, 6.45) is 4.53. The van der Waals surface area contributed by atoms with Crippen LogP contribution in [0.15, 0.2) is 23.8 Å². The number of carboxylic acid groups (broad SMARTS) is 2. The molecule has 2 unspecified atom stereocenters. The van der Waals surface area contributed by atoms with E-state index in [-0.39, 0.29) is 0 Å². The first-order chi connectivity index (χ1) is 6.38. The van der Waals surface area contributed by atoms with Gasteiger partial charge >= 0.3 is 11.9 Å². The zero-order valence-electron chi connectivity index (χ0n) is 8.02. The summed E-state index contributed by atoms with van der Waals surface area (Å²) in [5.41, 5.74) is -0.572. The number of hydrogen-bond acceptors (Lipinski definition) is 2. The molecular formula is C10H12O4. The predicted octanol–water partition coefficient (Wildman–Crippen LogP) is 1.29. The molecule has 14 heavy (non-hydrogen) atoms. The molecule has 0 radical (unpaired) electrons. The van der Waals surface area contributed by atoms with E-state index in [1.807, 2.05) is 0 Å². The second kappa shape index (κ2) is 3.29. The Morgan fingerprint density at radius 1 is 1.43 bits per heavy atom. The summed E-state index contributed by atoms with van der Waals surface area (Å²) in [5.74, 6) is -3.23. The number of hydrogen-bond donors (Lipinski definition) is 2. The summed E-state index contributed by atoms with van der Waals surface area (Å²) in [4.78, 5) is 21.8. The summed E-state index contributed by atoms with van der Waals surface area (Å²) in [7, 11) is 0. The van der Waals surface area contributed by atoms with Gasteiger partial charge in [0.25, 0.3) is 0 Å². The molecule has 1 rings (SSSR count). The molecule has 0 spiro atoms. The van der Waals surface area contributed by atoms with Crippen LogP contribution >= 0.6 is 0 Å². The fourth-order valence-corrected chi connectivity index (χ4v) is 1.59. The Kier molecular flexibility index (Phi) is 2.47. The molecule has 0 heterocycles. The molecule has 0 saturated carbocycles. The minimum atomic E-state index is -1.34. The van der Waals surface area contributed by atoms with Gasteiger partial charge in [0.15, 0.2) is 0 Å². The van der Waals surface area contributed by atoms with Crippen LogP contribution in [0.25, 0.3) is 0 Å². The minimum Gasteiger partial charge on any atom is -0.481 e. The van der Waals surface area contributed by atoms with Gasteiger partial charge in [-0.3, -0.25) is 9.59 Å². The monoisotopic (exact) mass is 196 g/mol. The molecule has 4 heteroatoms. The summed E-state index contributed by atoms with van der Waals surface area (Å²) >= 11 is 0. The Bertz CT molecular complexity index is 340. The maximum Gasteiger partial charge on any atom is 0.314 e. The van der Waals surface area contributed by atoms with Crippen molar-refractivity contribution in [3.05, 3.63) is 23.8 Å². The fourth-order valence-electron chi connectivity index (χ4n) is 1.59. The van der Waals surface area contributed by atoms with Crippen molar-refractivity contribution in [3.63, 3.8) is 0 Å².